The lowest BCUT2D eigenvalue weighted by Crippen LogP contribution is -2.25. The van der Waals surface area contributed by atoms with Gasteiger partial charge in [0.25, 0.3) is 0 Å². The number of aryl methyl sites for hydroxylation is 1. The second-order valence-corrected chi connectivity index (χ2v) is 7.84. The molecule has 0 aliphatic heterocycles. The van der Waals surface area contributed by atoms with Gasteiger partial charge in [0.15, 0.2) is 0 Å². The molecule has 3 aromatic rings. The molecule has 0 atom stereocenters. The van der Waals surface area contributed by atoms with Crippen LogP contribution in [-0.2, 0) is 17.8 Å². The first kappa shape index (κ1) is 17.1. The average molecular weight is 403 g/mol. The molecule has 3 nitrogen and oxygen atoms in total. The first-order valence-electron chi connectivity index (χ1n) is 7.94. The van der Waals surface area contributed by atoms with Crippen molar-refractivity contribution in [2.75, 3.05) is 7.05 Å². The summed E-state index contributed by atoms with van der Waals surface area (Å²) in [7, 11) is 1.86. The van der Waals surface area contributed by atoms with Gasteiger partial charge in [-0.25, -0.2) is 4.98 Å². The Bertz CT molecular complexity index is 796. The van der Waals surface area contributed by atoms with Gasteiger partial charge in [-0.3, -0.25) is 4.79 Å². The number of thiazole rings is 1. The second kappa shape index (κ2) is 7.90. The third-order valence-corrected chi connectivity index (χ3v) is 5.50. The van der Waals surface area contributed by atoms with Crippen molar-refractivity contribution < 1.29 is 4.79 Å². The topological polar surface area (TPSA) is 33.2 Å². The normalized spacial score (nSPS) is 10.9. The molecule has 0 bridgehead atoms. The molecular weight excluding hydrogens is 384 g/mol. The Kier molecular flexibility index (Phi) is 5.63. The first-order valence-corrected chi connectivity index (χ1v) is 9.55. The Hall–Kier alpha value is -1.72. The minimum absolute atomic E-state index is 0.180. The van der Waals surface area contributed by atoms with E-state index in [9.17, 15) is 4.79 Å². The van der Waals surface area contributed by atoms with Crippen LogP contribution < -0.4 is 0 Å². The molecule has 2 aromatic carbocycles. The van der Waals surface area contributed by atoms with Crippen molar-refractivity contribution in [1.29, 1.82) is 0 Å². The van der Waals surface area contributed by atoms with Crippen molar-refractivity contribution in [1.82, 2.24) is 9.88 Å². The number of para-hydroxylation sites is 1. The van der Waals surface area contributed by atoms with Gasteiger partial charge in [-0.1, -0.05) is 40.2 Å². The molecule has 0 saturated carbocycles. The summed E-state index contributed by atoms with van der Waals surface area (Å²) in [6.45, 7) is 0.646. The van der Waals surface area contributed by atoms with Crippen molar-refractivity contribution in [3.8, 4) is 0 Å². The largest absolute Gasteiger partial charge is 0.341 e. The minimum atomic E-state index is 0.180. The average Bonchev–Trinajstić information content (AvgIpc) is 2.99. The lowest BCUT2D eigenvalue weighted by molar-refractivity contribution is -0.130. The van der Waals surface area contributed by atoms with Gasteiger partial charge in [0.2, 0.25) is 5.91 Å². The van der Waals surface area contributed by atoms with Crippen LogP contribution in [0.25, 0.3) is 10.2 Å². The number of carbonyl (C=O) groups is 1. The Morgan fingerprint density at radius 3 is 2.67 bits per heavy atom. The number of carbonyl (C=O) groups excluding carboxylic acids is 1. The van der Waals surface area contributed by atoms with Crippen LogP contribution in [0, 0.1) is 0 Å². The van der Waals surface area contributed by atoms with E-state index in [1.54, 1.807) is 16.2 Å². The number of fused-ring (bicyclic) bond motifs is 1. The van der Waals surface area contributed by atoms with Gasteiger partial charge >= 0.3 is 0 Å². The van der Waals surface area contributed by atoms with Crippen LogP contribution >= 0.6 is 27.3 Å². The molecule has 0 N–H and O–H groups in total. The lowest BCUT2D eigenvalue weighted by atomic mass is 10.2. The van der Waals surface area contributed by atoms with E-state index in [2.05, 4.69) is 27.0 Å². The zero-order chi connectivity index (χ0) is 16.9. The summed E-state index contributed by atoms with van der Waals surface area (Å²) in [6.07, 6.45) is 2.25. The third kappa shape index (κ3) is 4.42. The number of amides is 1. The first-order chi connectivity index (χ1) is 11.6. The number of hydrogen-bond acceptors (Lipinski definition) is 3. The van der Waals surface area contributed by atoms with Crippen molar-refractivity contribution in [3.05, 3.63) is 63.6 Å². The lowest BCUT2D eigenvalue weighted by Gasteiger charge is -2.17. The molecule has 5 heteroatoms. The van der Waals surface area contributed by atoms with Crippen molar-refractivity contribution in [2.24, 2.45) is 0 Å². The van der Waals surface area contributed by atoms with E-state index in [4.69, 9.17) is 0 Å². The van der Waals surface area contributed by atoms with E-state index in [1.165, 1.54) is 4.70 Å². The summed E-state index contributed by atoms with van der Waals surface area (Å²) in [5.74, 6) is 0.180. The number of hydrogen-bond donors (Lipinski definition) is 0. The van der Waals surface area contributed by atoms with Crippen molar-refractivity contribution in [2.45, 2.75) is 25.8 Å². The molecule has 1 amide bonds. The summed E-state index contributed by atoms with van der Waals surface area (Å²) in [5.41, 5.74) is 2.19. The van der Waals surface area contributed by atoms with Gasteiger partial charge in [0.1, 0.15) is 0 Å². The predicted molar refractivity (Wildman–Crippen MR) is 103 cm³/mol. The monoisotopic (exact) mass is 402 g/mol. The minimum Gasteiger partial charge on any atom is -0.341 e. The fraction of sp³-hybridized carbons (Fsp3) is 0.263. The SMILES string of the molecule is CN(Cc1ccc(Br)cc1)C(=O)CCCc1nc2ccccc2s1. The number of benzene rings is 2. The smallest absolute Gasteiger partial charge is 0.222 e. The van der Waals surface area contributed by atoms with Crippen LogP contribution in [0.15, 0.2) is 53.0 Å². The Morgan fingerprint density at radius 2 is 1.92 bits per heavy atom. The Morgan fingerprint density at radius 1 is 1.17 bits per heavy atom. The van der Waals surface area contributed by atoms with Gasteiger partial charge in [-0.2, -0.15) is 0 Å². The van der Waals surface area contributed by atoms with E-state index in [0.717, 1.165) is 33.4 Å². The molecule has 1 heterocycles. The molecule has 0 spiro atoms. The van der Waals surface area contributed by atoms with E-state index in [1.807, 2.05) is 49.5 Å². The standard InChI is InChI=1S/C19H19BrN2OS/c1-22(13-14-9-11-15(20)12-10-14)19(23)8-4-7-18-21-16-5-2-3-6-17(16)24-18/h2-3,5-6,9-12H,4,7-8,13H2,1H3. The Labute approximate surface area is 154 Å². The van der Waals surface area contributed by atoms with E-state index in [0.29, 0.717) is 13.0 Å². The zero-order valence-corrected chi connectivity index (χ0v) is 15.9. The number of rotatable bonds is 6. The maximum absolute atomic E-state index is 12.3. The molecule has 0 unspecified atom stereocenters. The molecule has 0 saturated heterocycles. The highest BCUT2D eigenvalue weighted by atomic mass is 79.9. The van der Waals surface area contributed by atoms with Crippen LogP contribution in [0.1, 0.15) is 23.4 Å². The quantitative estimate of drug-likeness (QED) is 0.578. The third-order valence-electron chi connectivity index (χ3n) is 3.88. The van der Waals surface area contributed by atoms with Gasteiger partial charge in [0, 0.05) is 24.5 Å². The van der Waals surface area contributed by atoms with Crippen LogP contribution in [0.2, 0.25) is 0 Å². The summed E-state index contributed by atoms with van der Waals surface area (Å²) < 4.78 is 2.27. The highest BCUT2D eigenvalue weighted by Crippen LogP contribution is 2.22. The van der Waals surface area contributed by atoms with E-state index >= 15 is 0 Å². The van der Waals surface area contributed by atoms with Crippen LogP contribution in [-0.4, -0.2) is 22.8 Å². The predicted octanol–water partition coefficient (Wildman–Crippen LogP) is 5.04. The highest BCUT2D eigenvalue weighted by molar-refractivity contribution is 9.10. The van der Waals surface area contributed by atoms with Gasteiger partial charge in [-0.15, -0.1) is 11.3 Å². The van der Waals surface area contributed by atoms with E-state index < -0.39 is 0 Å². The molecule has 0 aliphatic rings. The van der Waals surface area contributed by atoms with Crippen LogP contribution in [0.3, 0.4) is 0 Å². The van der Waals surface area contributed by atoms with Crippen LogP contribution in [0.4, 0.5) is 0 Å². The molecular formula is C19H19BrN2OS. The summed E-state index contributed by atoms with van der Waals surface area (Å²) in [5, 5.41) is 1.11. The van der Waals surface area contributed by atoms with Gasteiger partial charge in [-0.05, 0) is 42.7 Å². The Balaban J connectivity index is 1.48. The number of nitrogens with zero attached hydrogens (tertiary/aromatic N) is 2. The molecule has 0 aliphatic carbocycles. The summed E-state index contributed by atoms with van der Waals surface area (Å²) in [4.78, 5) is 18.7. The number of aromatic nitrogens is 1. The molecule has 1 aromatic heterocycles. The summed E-state index contributed by atoms with van der Waals surface area (Å²) in [6, 6.07) is 16.2. The molecule has 0 fully saturated rings. The fourth-order valence-corrected chi connectivity index (χ4v) is 3.83. The van der Waals surface area contributed by atoms with Crippen molar-refractivity contribution in [3.63, 3.8) is 0 Å². The van der Waals surface area contributed by atoms with Gasteiger partial charge < -0.3 is 4.90 Å². The zero-order valence-electron chi connectivity index (χ0n) is 13.5. The molecule has 3 rings (SSSR count). The maximum Gasteiger partial charge on any atom is 0.222 e. The van der Waals surface area contributed by atoms with Gasteiger partial charge in [0.05, 0.1) is 15.2 Å². The fourth-order valence-electron chi connectivity index (χ4n) is 2.56. The maximum atomic E-state index is 12.3. The number of halogens is 1. The summed E-state index contributed by atoms with van der Waals surface area (Å²) >= 11 is 5.14. The van der Waals surface area contributed by atoms with Crippen molar-refractivity contribution >= 4 is 43.4 Å². The van der Waals surface area contributed by atoms with Crippen LogP contribution in [0.5, 0.6) is 0 Å². The second-order valence-electron chi connectivity index (χ2n) is 5.81. The molecule has 0 radical (unpaired) electrons. The van der Waals surface area contributed by atoms with E-state index in [-0.39, 0.29) is 5.91 Å². The molecule has 24 heavy (non-hydrogen) atoms. The highest BCUT2D eigenvalue weighted by Gasteiger charge is 2.10. The molecule has 124 valence electrons.